The van der Waals surface area contributed by atoms with Gasteiger partial charge in [0, 0.05) is 23.4 Å². The minimum absolute atomic E-state index is 0.0844. The molecular weight excluding hydrogens is 326 g/mol. The Morgan fingerprint density at radius 1 is 1.38 bits per heavy atom. The average molecular weight is 346 g/mol. The number of hydrogen-bond donors (Lipinski definition) is 1. The van der Waals surface area contributed by atoms with Crippen LogP contribution in [0, 0.1) is 17.2 Å². The zero-order chi connectivity index (χ0) is 17.1. The lowest BCUT2D eigenvalue weighted by molar-refractivity contribution is -0.124. The molecule has 24 heavy (non-hydrogen) atoms. The molecule has 2 fully saturated rings. The molecule has 1 N–H and O–H groups in total. The fraction of sp³-hybridized carbons (Fsp3) is 0.500. The summed E-state index contributed by atoms with van der Waals surface area (Å²) in [6.45, 7) is 1.08. The fourth-order valence-electron chi connectivity index (χ4n) is 3.85. The summed E-state index contributed by atoms with van der Waals surface area (Å²) in [7, 11) is 0. The Bertz CT molecular complexity index is 698. The zero-order valence-electron chi connectivity index (χ0n) is 13.4. The number of anilines is 1. The summed E-state index contributed by atoms with van der Waals surface area (Å²) in [6.07, 6.45) is 4.57. The van der Waals surface area contributed by atoms with Gasteiger partial charge < -0.3 is 5.32 Å². The van der Waals surface area contributed by atoms with Crippen LogP contribution in [0.3, 0.4) is 0 Å². The molecule has 126 valence electrons. The van der Waals surface area contributed by atoms with Crippen molar-refractivity contribution in [2.24, 2.45) is 5.92 Å². The van der Waals surface area contributed by atoms with E-state index in [9.17, 15) is 9.59 Å². The van der Waals surface area contributed by atoms with E-state index in [2.05, 4.69) is 10.2 Å². The number of halogens is 1. The maximum Gasteiger partial charge on any atom is 0.238 e. The number of nitriles is 1. The number of carbonyl (C=O) groups excluding carboxylic acids is 2. The van der Waals surface area contributed by atoms with Gasteiger partial charge in [-0.15, -0.1) is 0 Å². The van der Waals surface area contributed by atoms with E-state index in [4.69, 9.17) is 16.9 Å². The van der Waals surface area contributed by atoms with Crippen molar-refractivity contribution in [2.75, 3.05) is 18.4 Å². The summed E-state index contributed by atoms with van der Waals surface area (Å²) >= 11 is 5.94. The van der Waals surface area contributed by atoms with Crippen molar-refractivity contribution in [3.8, 4) is 6.07 Å². The Kier molecular flexibility index (Phi) is 5.17. The third-order valence-corrected chi connectivity index (χ3v) is 5.19. The SMILES string of the molecule is N#Cc1ccc(Cl)cc1NC(=O)CN1CCC[C@@H]1[C@H]1CCCC1=O. The maximum absolute atomic E-state index is 12.4. The van der Waals surface area contributed by atoms with Gasteiger partial charge in [0.2, 0.25) is 5.91 Å². The van der Waals surface area contributed by atoms with Gasteiger partial charge in [-0.1, -0.05) is 11.6 Å². The smallest absolute Gasteiger partial charge is 0.238 e. The van der Waals surface area contributed by atoms with Crippen molar-refractivity contribution in [2.45, 2.75) is 38.1 Å². The van der Waals surface area contributed by atoms with E-state index in [1.807, 2.05) is 6.07 Å². The number of benzene rings is 1. The summed E-state index contributed by atoms with van der Waals surface area (Å²) in [4.78, 5) is 26.5. The summed E-state index contributed by atoms with van der Waals surface area (Å²) in [6, 6.07) is 7.03. The van der Waals surface area contributed by atoms with Crippen molar-refractivity contribution < 1.29 is 9.59 Å². The predicted octanol–water partition coefficient (Wildman–Crippen LogP) is 2.98. The van der Waals surface area contributed by atoms with Gasteiger partial charge in [-0.25, -0.2) is 0 Å². The number of carbonyl (C=O) groups is 2. The van der Waals surface area contributed by atoms with Crippen molar-refractivity contribution in [1.82, 2.24) is 4.90 Å². The molecule has 5 nitrogen and oxygen atoms in total. The lowest BCUT2D eigenvalue weighted by Gasteiger charge is -2.28. The van der Waals surface area contributed by atoms with Crippen molar-refractivity contribution in [3.05, 3.63) is 28.8 Å². The van der Waals surface area contributed by atoms with E-state index >= 15 is 0 Å². The van der Waals surface area contributed by atoms with Crippen molar-refractivity contribution in [3.63, 3.8) is 0 Å². The number of likely N-dealkylation sites (tertiary alicyclic amines) is 1. The molecule has 2 aliphatic rings. The molecule has 1 aliphatic heterocycles. The Labute approximate surface area is 146 Å². The van der Waals surface area contributed by atoms with E-state index in [0.29, 0.717) is 28.5 Å². The number of nitrogens with one attached hydrogen (secondary N) is 1. The molecule has 2 atom stereocenters. The van der Waals surface area contributed by atoms with Crippen LogP contribution < -0.4 is 5.32 Å². The molecule has 0 unspecified atom stereocenters. The monoisotopic (exact) mass is 345 g/mol. The van der Waals surface area contributed by atoms with Crippen molar-refractivity contribution >= 4 is 29.0 Å². The topological polar surface area (TPSA) is 73.2 Å². The highest BCUT2D eigenvalue weighted by atomic mass is 35.5. The van der Waals surface area contributed by atoms with E-state index in [-0.39, 0.29) is 24.4 Å². The molecule has 1 saturated carbocycles. The number of rotatable bonds is 4. The number of Topliss-reactive ketones (excluding diaryl/α,β-unsaturated/α-hetero) is 1. The van der Waals surface area contributed by atoms with E-state index in [1.165, 1.54) is 0 Å². The number of amides is 1. The molecule has 6 heteroatoms. The Morgan fingerprint density at radius 3 is 2.92 bits per heavy atom. The summed E-state index contributed by atoms with van der Waals surface area (Å²) < 4.78 is 0. The highest BCUT2D eigenvalue weighted by Gasteiger charge is 2.38. The molecule has 1 aromatic rings. The second kappa shape index (κ2) is 7.33. The number of nitrogens with zero attached hydrogens (tertiary/aromatic N) is 2. The third kappa shape index (κ3) is 3.61. The van der Waals surface area contributed by atoms with Gasteiger partial charge in [0.1, 0.15) is 11.9 Å². The van der Waals surface area contributed by atoms with Crippen LogP contribution >= 0.6 is 11.6 Å². The van der Waals surface area contributed by atoms with Crippen LogP contribution in [0.15, 0.2) is 18.2 Å². The first-order valence-electron chi connectivity index (χ1n) is 8.35. The fourth-order valence-corrected chi connectivity index (χ4v) is 4.02. The number of ketones is 1. The molecule has 0 bridgehead atoms. The molecule has 3 rings (SSSR count). The van der Waals surface area contributed by atoms with Crippen LogP contribution in [0.5, 0.6) is 0 Å². The van der Waals surface area contributed by atoms with Gasteiger partial charge in [0.05, 0.1) is 17.8 Å². The normalized spacial score (nSPS) is 24.1. The zero-order valence-corrected chi connectivity index (χ0v) is 14.2. The van der Waals surface area contributed by atoms with E-state index in [0.717, 1.165) is 32.2 Å². The first kappa shape index (κ1) is 16.9. The second-order valence-electron chi connectivity index (χ2n) is 6.49. The molecular formula is C18H20ClN3O2. The molecule has 0 radical (unpaired) electrons. The first-order valence-corrected chi connectivity index (χ1v) is 8.72. The van der Waals surface area contributed by atoms with Gasteiger partial charge in [-0.2, -0.15) is 5.26 Å². The van der Waals surface area contributed by atoms with Gasteiger partial charge in [-0.3, -0.25) is 14.5 Å². The van der Waals surface area contributed by atoms with Crippen LogP contribution in [-0.4, -0.2) is 35.7 Å². The highest BCUT2D eigenvalue weighted by Crippen LogP contribution is 2.33. The highest BCUT2D eigenvalue weighted by molar-refractivity contribution is 6.31. The van der Waals surface area contributed by atoms with Crippen LogP contribution in [-0.2, 0) is 9.59 Å². The Morgan fingerprint density at radius 2 is 2.21 bits per heavy atom. The average Bonchev–Trinajstić information content (AvgIpc) is 3.16. The quantitative estimate of drug-likeness (QED) is 0.910. The van der Waals surface area contributed by atoms with E-state index in [1.54, 1.807) is 18.2 Å². The summed E-state index contributed by atoms with van der Waals surface area (Å²) in [5.74, 6) is 0.251. The van der Waals surface area contributed by atoms with Crippen LogP contribution in [0.1, 0.15) is 37.7 Å². The van der Waals surface area contributed by atoms with Crippen LogP contribution in [0.4, 0.5) is 5.69 Å². The minimum Gasteiger partial charge on any atom is -0.324 e. The lowest BCUT2D eigenvalue weighted by atomic mass is 9.95. The van der Waals surface area contributed by atoms with Crippen LogP contribution in [0.25, 0.3) is 0 Å². The Hall–Kier alpha value is -1.90. The summed E-state index contributed by atoms with van der Waals surface area (Å²) in [5.41, 5.74) is 0.819. The first-order chi connectivity index (χ1) is 11.6. The molecule has 0 aromatic heterocycles. The van der Waals surface area contributed by atoms with E-state index < -0.39 is 0 Å². The van der Waals surface area contributed by atoms with Gasteiger partial charge >= 0.3 is 0 Å². The van der Waals surface area contributed by atoms with Crippen LogP contribution in [0.2, 0.25) is 5.02 Å². The molecule has 0 spiro atoms. The molecule has 1 aliphatic carbocycles. The molecule has 1 heterocycles. The second-order valence-corrected chi connectivity index (χ2v) is 6.93. The van der Waals surface area contributed by atoms with Gasteiger partial charge in [0.15, 0.2) is 0 Å². The minimum atomic E-state index is -0.175. The molecule has 1 amide bonds. The standard InChI is InChI=1S/C18H20ClN3O2/c19-13-7-6-12(10-20)15(9-13)21-18(24)11-22-8-2-4-16(22)14-3-1-5-17(14)23/h6-7,9,14,16H,1-5,8,11H2,(H,21,24)/t14-,16-/m1/s1. The lowest BCUT2D eigenvalue weighted by Crippen LogP contribution is -2.41. The maximum atomic E-state index is 12.4. The largest absolute Gasteiger partial charge is 0.324 e. The third-order valence-electron chi connectivity index (χ3n) is 4.95. The van der Waals surface area contributed by atoms with Gasteiger partial charge in [-0.05, 0) is 50.4 Å². The van der Waals surface area contributed by atoms with Crippen molar-refractivity contribution in [1.29, 1.82) is 5.26 Å². The number of hydrogen-bond acceptors (Lipinski definition) is 4. The Balaban J connectivity index is 1.65. The molecule has 1 saturated heterocycles. The summed E-state index contributed by atoms with van der Waals surface area (Å²) in [5, 5.41) is 12.4. The predicted molar refractivity (Wildman–Crippen MR) is 91.7 cm³/mol. The van der Waals surface area contributed by atoms with Gasteiger partial charge in [0.25, 0.3) is 0 Å². The molecule has 1 aromatic carbocycles.